The molecule has 0 unspecified atom stereocenters. The summed E-state index contributed by atoms with van der Waals surface area (Å²) in [7, 11) is 0. The standard InChI is InChI=1S/C16H15ClN4S2.C2H6FN/c1-22-16-14(23-12-4-2-3-11(17)7-12)15-19-9-10-8-18-6-5-13(10)21(15)20-16;1-2-4-3/h2-4,7,9,18H,5-6,8H2,1H3;4H,2H2,1H3. The van der Waals surface area contributed by atoms with E-state index < -0.39 is 0 Å². The van der Waals surface area contributed by atoms with Crippen molar-refractivity contribution in [1.82, 2.24) is 25.5 Å². The quantitative estimate of drug-likeness (QED) is 0.478. The number of rotatable bonds is 4. The largest absolute Gasteiger partial charge is 0.312 e. The second-order valence-electron chi connectivity index (χ2n) is 5.78. The lowest BCUT2D eigenvalue weighted by Gasteiger charge is -2.17. The van der Waals surface area contributed by atoms with Gasteiger partial charge in [0.1, 0.15) is 5.03 Å². The fourth-order valence-electron chi connectivity index (χ4n) is 2.74. The number of hydrogen-bond donors (Lipinski definition) is 2. The van der Waals surface area contributed by atoms with Gasteiger partial charge in [0, 0.05) is 47.7 Å². The van der Waals surface area contributed by atoms with Gasteiger partial charge in [0.2, 0.25) is 0 Å². The minimum Gasteiger partial charge on any atom is -0.312 e. The van der Waals surface area contributed by atoms with Gasteiger partial charge in [-0.1, -0.05) is 36.4 Å². The predicted octanol–water partition coefficient (Wildman–Crippen LogP) is 4.38. The fraction of sp³-hybridized carbons (Fsp3) is 0.333. The molecule has 0 atom stereocenters. The van der Waals surface area contributed by atoms with E-state index in [1.54, 1.807) is 30.4 Å². The average Bonchev–Trinajstić information content (AvgIpc) is 3.06. The highest BCUT2D eigenvalue weighted by atomic mass is 35.5. The summed E-state index contributed by atoms with van der Waals surface area (Å²) in [4.78, 5) is 6.87. The van der Waals surface area contributed by atoms with Gasteiger partial charge in [-0.25, -0.2) is 9.50 Å². The molecule has 0 saturated carbocycles. The molecule has 3 aromatic rings. The lowest BCUT2D eigenvalue weighted by atomic mass is 10.1. The van der Waals surface area contributed by atoms with E-state index in [1.807, 2.05) is 28.9 Å². The molecule has 0 amide bonds. The van der Waals surface area contributed by atoms with Crippen molar-refractivity contribution >= 4 is 40.8 Å². The lowest BCUT2D eigenvalue weighted by molar-refractivity contribution is 0.346. The summed E-state index contributed by atoms with van der Waals surface area (Å²) < 4.78 is 12.5. The maximum absolute atomic E-state index is 10.5. The smallest absolute Gasteiger partial charge is 0.170 e. The number of thioether (sulfide) groups is 1. The van der Waals surface area contributed by atoms with Crippen LogP contribution in [-0.2, 0) is 13.0 Å². The molecule has 0 aliphatic carbocycles. The van der Waals surface area contributed by atoms with Gasteiger partial charge in [-0.05, 0) is 24.5 Å². The van der Waals surface area contributed by atoms with Crippen LogP contribution in [0.25, 0.3) is 5.65 Å². The predicted molar refractivity (Wildman–Crippen MR) is 111 cm³/mol. The molecule has 5 nitrogen and oxygen atoms in total. The molecule has 0 saturated heterocycles. The van der Waals surface area contributed by atoms with Crippen molar-refractivity contribution in [3.05, 3.63) is 46.7 Å². The van der Waals surface area contributed by atoms with Crippen molar-refractivity contribution in [2.75, 3.05) is 19.3 Å². The topological polar surface area (TPSA) is 54.2 Å². The molecule has 1 aromatic carbocycles. The first kappa shape index (κ1) is 20.4. The number of fused-ring (bicyclic) bond motifs is 3. The molecular weight excluding hydrogens is 405 g/mol. The van der Waals surface area contributed by atoms with Crippen LogP contribution < -0.4 is 10.9 Å². The molecule has 3 heterocycles. The third kappa shape index (κ3) is 4.75. The summed E-state index contributed by atoms with van der Waals surface area (Å²) in [5, 5.41) is 9.93. The highest BCUT2D eigenvalue weighted by molar-refractivity contribution is 8.02. The molecule has 144 valence electrons. The molecular formula is C18H21ClFN5S2. The number of benzene rings is 1. The monoisotopic (exact) mass is 425 g/mol. The van der Waals surface area contributed by atoms with E-state index in [4.69, 9.17) is 16.7 Å². The Bertz CT molecular complexity index is 916. The zero-order valence-corrected chi connectivity index (χ0v) is 17.5. The molecule has 2 N–H and O–H groups in total. The van der Waals surface area contributed by atoms with Crippen LogP contribution in [0.5, 0.6) is 0 Å². The van der Waals surface area contributed by atoms with Gasteiger partial charge in [0.05, 0.1) is 10.6 Å². The van der Waals surface area contributed by atoms with Crippen LogP contribution >= 0.6 is 35.1 Å². The molecule has 0 spiro atoms. The molecule has 4 rings (SSSR count). The number of nitrogens with one attached hydrogen (secondary N) is 2. The Morgan fingerprint density at radius 3 is 2.93 bits per heavy atom. The van der Waals surface area contributed by atoms with Gasteiger partial charge >= 0.3 is 0 Å². The molecule has 1 aliphatic heterocycles. The summed E-state index contributed by atoms with van der Waals surface area (Å²) in [5.74, 6) is 0. The lowest BCUT2D eigenvalue weighted by Crippen LogP contribution is -2.26. The highest BCUT2D eigenvalue weighted by Gasteiger charge is 2.20. The van der Waals surface area contributed by atoms with Crippen LogP contribution in [0.3, 0.4) is 0 Å². The summed E-state index contributed by atoms with van der Waals surface area (Å²) in [6, 6.07) is 7.89. The molecule has 0 radical (unpaired) electrons. The van der Waals surface area contributed by atoms with E-state index in [1.165, 1.54) is 16.8 Å². The zero-order chi connectivity index (χ0) is 19.2. The Labute approximate surface area is 171 Å². The Balaban J connectivity index is 0.000000481. The van der Waals surface area contributed by atoms with E-state index in [0.717, 1.165) is 45.0 Å². The van der Waals surface area contributed by atoms with Crippen LogP contribution in [0.1, 0.15) is 18.2 Å². The molecule has 27 heavy (non-hydrogen) atoms. The van der Waals surface area contributed by atoms with Crippen molar-refractivity contribution < 1.29 is 4.48 Å². The zero-order valence-electron chi connectivity index (χ0n) is 15.1. The number of nitrogens with zero attached hydrogens (tertiary/aromatic N) is 3. The fourth-order valence-corrected chi connectivity index (χ4v) is 4.74. The first-order chi connectivity index (χ1) is 13.2. The molecule has 9 heteroatoms. The van der Waals surface area contributed by atoms with Crippen molar-refractivity contribution in [3.8, 4) is 0 Å². The number of aromatic nitrogens is 3. The van der Waals surface area contributed by atoms with Crippen LogP contribution in [0, 0.1) is 0 Å². The first-order valence-corrected chi connectivity index (χ1v) is 11.0. The van der Waals surface area contributed by atoms with Crippen molar-refractivity contribution in [1.29, 1.82) is 0 Å². The number of hydrogen-bond acceptors (Lipinski definition) is 6. The van der Waals surface area contributed by atoms with E-state index >= 15 is 0 Å². The van der Waals surface area contributed by atoms with Gasteiger partial charge in [-0.2, -0.15) is 10.6 Å². The second-order valence-corrected chi connectivity index (χ2v) is 8.09. The van der Waals surface area contributed by atoms with Crippen molar-refractivity contribution in [2.24, 2.45) is 0 Å². The van der Waals surface area contributed by atoms with Crippen LogP contribution in [0.2, 0.25) is 5.02 Å². The van der Waals surface area contributed by atoms with Crippen molar-refractivity contribution in [3.63, 3.8) is 0 Å². The number of halogens is 2. The summed E-state index contributed by atoms with van der Waals surface area (Å²) >= 11 is 9.44. The molecule has 1 aliphatic rings. The Morgan fingerprint density at radius 2 is 2.22 bits per heavy atom. The molecule has 2 aromatic heterocycles. The maximum atomic E-state index is 10.5. The molecule has 0 bridgehead atoms. The molecule has 0 fully saturated rings. The van der Waals surface area contributed by atoms with E-state index in [9.17, 15) is 4.48 Å². The normalized spacial score (nSPS) is 13.2. The Hall–Kier alpha value is -1.32. The first-order valence-electron chi connectivity index (χ1n) is 8.59. The summed E-state index contributed by atoms with van der Waals surface area (Å²) in [6.45, 7) is 3.95. The Kier molecular flexibility index (Phi) is 7.37. The van der Waals surface area contributed by atoms with Crippen LogP contribution in [0.15, 0.2) is 45.3 Å². The van der Waals surface area contributed by atoms with Gasteiger partial charge in [0.25, 0.3) is 0 Å². The van der Waals surface area contributed by atoms with Crippen LogP contribution in [0.4, 0.5) is 4.48 Å². The van der Waals surface area contributed by atoms with Gasteiger partial charge in [-0.3, -0.25) is 0 Å². The van der Waals surface area contributed by atoms with Crippen molar-refractivity contribution in [2.45, 2.75) is 34.7 Å². The van der Waals surface area contributed by atoms with Gasteiger partial charge in [0.15, 0.2) is 5.65 Å². The van der Waals surface area contributed by atoms with E-state index in [2.05, 4.69) is 22.6 Å². The third-order valence-corrected chi connectivity index (χ3v) is 6.06. The average molecular weight is 426 g/mol. The van der Waals surface area contributed by atoms with Gasteiger partial charge < -0.3 is 5.32 Å². The maximum Gasteiger partial charge on any atom is 0.170 e. The Morgan fingerprint density at radius 1 is 1.41 bits per heavy atom. The summed E-state index contributed by atoms with van der Waals surface area (Å²) in [6.07, 6.45) is 5.01. The second kappa shape index (κ2) is 9.75. The summed E-state index contributed by atoms with van der Waals surface area (Å²) in [5.41, 5.74) is 4.86. The highest BCUT2D eigenvalue weighted by Crippen LogP contribution is 2.38. The SMILES string of the molecule is CCNF.CSc1nn2c3c(cnc2c1Sc1cccc(Cl)c1)CNCC3. The minimum atomic E-state index is 0.403. The van der Waals surface area contributed by atoms with E-state index in [0.29, 0.717) is 6.54 Å². The minimum absolute atomic E-state index is 0.403. The third-order valence-electron chi connectivity index (χ3n) is 3.95. The van der Waals surface area contributed by atoms with Crippen LogP contribution in [-0.4, -0.2) is 33.9 Å². The van der Waals surface area contributed by atoms with Gasteiger partial charge in [-0.15, -0.1) is 16.2 Å². The van der Waals surface area contributed by atoms with E-state index in [-0.39, 0.29) is 0 Å².